The first-order valence-corrected chi connectivity index (χ1v) is 5.57. The number of hydrogen-bond acceptors (Lipinski definition) is 4. The van der Waals surface area contributed by atoms with E-state index in [1.807, 2.05) is 0 Å². The molecule has 0 saturated carbocycles. The molecule has 0 aliphatic heterocycles. The van der Waals surface area contributed by atoms with Crippen LogP contribution in [0, 0.1) is 0 Å². The van der Waals surface area contributed by atoms with Crippen molar-refractivity contribution in [3.8, 4) is 5.75 Å². The number of esters is 1. The molecular formula is C13H17NO4. The first-order chi connectivity index (χ1) is 8.28. The van der Waals surface area contributed by atoms with E-state index in [-0.39, 0.29) is 12.3 Å². The van der Waals surface area contributed by atoms with Crippen LogP contribution < -0.4 is 5.32 Å². The van der Waals surface area contributed by atoms with Gasteiger partial charge >= 0.3 is 5.97 Å². The van der Waals surface area contributed by atoms with Gasteiger partial charge in [0.1, 0.15) is 17.9 Å². The number of aromatic hydroxyl groups is 1. The summed E-state index contributed by atoms with van der Waals surface area (Å²) >= 11 is 0. The highest BCUT2D eigenvalue weighted by Gasteiger charge is 2.17. The largest absolute Gasteiger partial charge is 0.508 e. The number of carbonyl (C=O) groups excluding carboxylic acids is 2. The Labute approximate surface area is 106 Å². The molecule has 0 radical (unpaired) electrons. The molecule has 0 unspecified atom stereocenters. The SMILES string of the molecule is CC(C)(C)OC(=O)CNC(=O)c1cccc(O)c1. The zero-order chi connectivity index (χ0) is 13.8. The summed E-state index contributed by atoms with van der Waals surface area (Å²) in [6.07, 6.45) is 0. The summed E-state index contributed by atoms with van der Waals surface area (Å²) in [4.78, 5) is 23.0. The van der Waals surface area contributed by atoms with E-state index in [0.717, 1.165) is 0 Å². The maximum Gasteiger partial charge on any atom is 0.325 e. The molecule has 18 heavy (non-hydrogen) atoms. The monoisotopic (exact) mass is 251 g/mol. The number of phenols is 1. The fourth-order valence-electron chi connectivity index (χ4n) is 1.28. The summed E-state index contributed by atoms with van der Waals surface area (Å²) in [5.74, 6) is -0.937. The number of hydrogen-bond donors (Lipinski definition) is 2. The summed E-state index contributed by atoms with van der Waals surface area (Å²) in [6.45, 7) is 5.05. The van der Waals surface area contributed by atoms with Crippen LogP contribution >= 0.6 is 0 Å². The Kier molecular flexibility index (Phi) is 4.31. The summed E-state index contributed by atoms with van der Waals surface area (Å²) < 4.78 is 5.04. The smallest absolute Gasteiger partial charge is 0.325 e. The highest BCUT2D eigenvalue weighted by molar-refractivity contribution is 5.96. The Morgan fingerprint density at radius 3 is 2.56 bits per heavy atom. The van der Waals surface area contributed by atoms with E-state index >= 15 is 0 Å². The molecule has 1 aromatic rings. The number of benzene rings is 1. The van der Waals surface area contributed by atoms with Crippen molar-refractivity contribution in [1.82, 2.24) is 5.32 Å². The van der Waals surface area contributed by atoms with Gasteiger partial charge in [0, 0.05) is 5.56 Å². The number of phenolic OH excluding ortho intramolecular Hbond substituents is 1. The van der Waals surface area contributed by atoms with Gasteiger partial charge < -0.3 is 15.2 Å². The molecule has 0 atom stereocenters. The molecule has 0 spiro atoms. The molecule has 0 bridgehead atoms. The van der Waals surface area contributed by atoms with E-state index in [4.69, 9.17) is 4.74 Å². The molecule has 5 nitrogen and oxygen atoms in total. The molecule has 0 heterocycles. The first-order valence-electron chi connectivity index (χ1n) is 5.57. The molecule has 1 rings (SSSR count). The van der Waals surface area contributed by atoms with Gasteiger partial charge in [-0.05, 0) is 39.0 Å². The minimum Gasteiger partial charge on any atom is -0.508 e. The zero-order valence-electron chi connectivity index (χ0n) is 10.7. The normalized spacial score (nSPS) is 10.8. The van der Waals surface area contributed by atoms with Crippen LogP contribution in [0.3, 0.4) is 0 Å². The fraction of sp³-hybridized carbons (Fsp3) is 0.385. The summed E-state index contributed by atoms with van der Waals surface area (Å²) in [6, 6.07) is 5.89. The Balaban J connectivity index is 2.49. The van der Waals surface area contributed by atoms with Gasteiger partial charge in [-0.25, -0.2) is 0 Å². The predicted octanol–water partition coefficient (Wildman–Crippen LogP) is 1.46. The van der Waals surface area contributed by atoms with Gasteiger partial charge in [0.15, 0.2) is 0 Å². The van der Waals surface area contributed by atoms with Gasteiger partial charge in [0.2, 0.25) is 0 Å². The lowest BCUT2D eigenvalue weighted by molar-refractivity contribution is -0.153. The number of nitrogens with one attached hydrogen (secondary N) is 1. The molecule has 0 aliphatic carbocycles. The van der Waals surface area contributed by atoms with Gasteiger partial charge in [0.05, 0.1) is 0 Å². The third-order valence-electron chi connectivity index (χ3n) is 1.92. The van der Waals surface area contributed by atoms with Crippen molar-refractivity contribution in [2.45, 2.75) is 26.4 Å². The minimum absolute atomic E-state index is 0.0000759. The van der Waals surface area contributed by atoms with Crippen LogP contribution in [0.2, 0.25) is 0 Å². The second-order valence-corrected chi connectivity index (χ2v) is 4.82. The number of carbonyl (C=O) groups is 2. The number of rotatable bonds is 3. The quantitative estimate of drug-likeness (QED) is 0.797. The van der Waals surface area contributed by atoms with Gasteiger partial charge in [0.25, 0.3) is 5.91 Å². The second-order valence-electron chi connectivity index (χ2n) is 4.82. The van der Waals surface area contributed by atoms with E-state index in [9.17, 15) is 14.7 Å². The molecule has 0 aromatic heterocycles. The first kappa shape index (κ1) is 14.0. The van der Waals surface area contributed by atoms with Crippen molar-refractivity contribution < 1.29 is 19.4 Å². The van der Waals surface area contributed by atoms with Crippen molar-refractivity contribution >= 4 is 11.9 Å². The van der Waals surface area contributed by atoms with Crippen LogP contribution in [0.5, 0.6) is 5.75 Å². The van der Waals surface area contributed by atoms with E-state index in [0.29, 0.717) is 5.56 Å². The van der Waals surface area contributed by atoms with E-state index in [1.54, 1.807) is 32.9 Å². The predicted molar refractivity (Wildman–Crippen MR) is 66.3 cm³/mol. The molecule has 2 N–H and O–H groups in total. The van der Waals surface area contributed by atoms with Crippen LogP contribution in [0.1, 0.15) is 31.1 Å². The molecule has 5 heteroatoms. The van der Waals surface area contributed by atoms with E-state index in [1.165, 1.54) is 12.1 Å². The number of ether oxygens (including phenoxy) is 1. The molecule has 0 saturated heterocycles. The molecule has 0 fully saturated rings. The van der Waals surface area contributed by atoms with Crippen molar-refractivity contribution in [3.63, 3.8) is 0 Å². The molecule has 1 aromatic carbocycles. The lowest BCUT2D eigenvalue weighted by atomic mass is 10.2. The third kappa shape index (κ3) is 4.86. The Morgan fingerprint density at radius 2 is 2.00 bits per heavy atom. The van der Waals surface area contributed by atoms with E-state index in [2.05, 4.69) is 5.32 Å². The maximum atomic E-state index is 11.6. The van der Waals surface area contributed by atoms with Gasteiger partial charge in [-0.3, -0.25) is 9.59 Å². The summed E-state index contributed by atoms with van der Waals surface area (Å²) in [5.41, 5.74) is -0.286. The standard InChI is InChI=1S/C13H17NO4/c1-13(2,3)18-11(16)8-14-12(17)9-5-4-6-10(15)7-9/h4-7,15H,8H2,1-3H3,(H,14,17). The lowest BCUT2D eigenvalue weighted by Crippen LogP contribution is -2.34. The van der Waals surface area contributed by atoms with E-state index < -0.39 is 17.5 Å². The topological polar surface area (TPSA) is 75.6 Å². The van der Waals surface area contributed by atoms with Gasteiger partial charge in [-0.15, -0.1) is 0 Å². The van der Waals surface area contributed by atoms with Crippen molar-refractivity contribution in [1.29, 1.82) is 0 Å². The fourth-order valence-corrected chi connectivity index (χ4v) is 1.28. The summed E-state index contributed by atoms with van der Waals surface area (Å²) in [7, 11) is 0. The van der Waals surface area contributed by atoms with Crippen LogP contribution in [0.4, 0.5) is 0 Å². The van der Waals surface area contributed by atoms with Gasteiger partial charge in [-0.2, -0.15) is 0 Å². The zero-order valence-corrected chi connectivity index (χ0v) is 10.7. The van der Waals surface area contributed by atoms with Crippen LogP contribution in [-0.4, -0.2) is 29.1 Å². The van der Waals surface area contributed by atoms with Crippen LogP contribution in [0.15, 0.2) is 24.3 Å². The highest BCUT2D eigenvalue weighted by Crippen LogP contribution is 2.10. The Bertz CT molecular complexity index is 449. The number of amides is 1. The lowest BCUT2D eigenvalue weighted by Gasteiger charge is -2.19. The molecular weight excluding hydrogens is 234 g/mol. The molecule has 0 aliphatic rings. The van der Waals surface area contributed by atoms with Crippen LogP contribution in [0.25, 0.3) is 0 Å². The minimum atomic E-state index is -0.577. The molecule has 1 amide bonds. The average Bonchev–Trinajstić information content (AvgIpc) is 2.23. The van der Waals surface area contributed by atoms with Gasteiger partial charge in [-0.1, -0.05) is 6.07 Å². The molecule has 98 valence electrons. The van der Waals surface area contributed by atoms with Crippen molar-refractivity contribution in [3.05, 3.63) is 29.8 Å². The Hall–Kier alpha value is -2.04. The Morgan fingerprint density at radius 1 is 1.33 bits per heavy atom. The average molecular weight is 251 g/mol. The summed E-state index contributed by atoms with van der Waals surface area (Å²) in [5, 5.41) is 11.6. The highest BCUT2D eigenvalue weighted by atomic mass is 16.6. The maximum absolute atomic E-state index is 11.6. The van der Waals surface area contributed by atoms with Crippen LogP contribution in [-0.2, 0) is 9.53 Å². The third-order valence-corrected chi connectivity index (χ3v) is 1.92. The van der Waals surface area contributed by atoms with Crippen molar-refractivity contribution in [2.75, 3.05) is 6.54 Å². The second kappa shape index (κ2) is 5.53. The van der Waals surface area contributed by atoms with Crippen molar-refractivity contribution in [2.24, 2.45) is 0 Å².